The van der Waals surface area contributed by atoms with Gasteiger partial charge < -0.3 is 39.9 Å². The number of carbonyl (C=O) groups is 1. The van der Waals surface area contributed by atoms with E-state index in [4.69, 9.17) is 18.5 Å². The number of phosphoric ester groups is 1. The van der Waals surface area contributed by atoms with Gasteiger partial charge in [0.25, 0.3) is 0 Å². The molecule has 0 spiro atoms. The zero-order valence-corrected chi connectivity index (χ0v) is 38.6. The highest BCUT2D eigenvalue weighted by Gasteiger charge is 2.51. The number of allylic oxidation sites excluding steroid dienone is 10. The molecule has 0 amide bonds. The molecule has 13 heteroatoms. The Balaban J connectivity index is 2.40. The molecular weight excluding hydrogens is 799 g/mol. The molecule has 1 saturated carbocycles. The van der Waals surface area contributed by atoms with E-state index in [0.29, 0.717) is 13.0 Å². The molecule has 354 valence electrons. The summed E-state index contributed by atoms with van der Waals surface area (Å²) in [5.74, 6) is -0.498. The summed E-state index contributed by atoms with van der Waals surface area (Å²) in [5, 5.41) is 50.2. The normalized spacial score (nSPS) is 22.7. The molecule has 6 unspecified atom stereocenters. The average Bonchev–Trinajstić information content (AvgIpc) is 3.24. The fourth-order valence-corrected chi connectivity index (χ4v) is 7.84. The number of hydrogen-bond acceptors (Lipinski definition) is 11. The standard InChI is InChI=1S/C48H85O12P/c1-3-5-7-9-11-13-15-17-19-20-21-22-24-26-28-30-32-34-36-38-57-39-41(40-58-61(55,56)60-48-46(53)44(51)43(50)45(52)47(48)54)59-42(49)37-35-33-31-29-27-25-23-18-16-14-12-10-8-6-4-2/h6,8,12-15,18-20,23,41,43-48,50-54H,3-5,7,9-11,16-17,21-22,24-40H2,1-2H3,(H,55,56)/b8-6-,14-12-,15-13-,20-19-,23-18-. The molecule has 1 aliphatic rings. The van der Waals surface area contributed by atoms with E-state index in [0.717, 1.165) is 89.9 Å². The molecule has 0 bridgehead atoms. The van der Waals surface area contributed by atoms with Crippen LogP contribution in [0.1, 0.15) is 174 Å². The predicted octanol–water partition coefficient (Wildman–Crippen LogP) is 9.81. The van der Waals surface area contributed by atoms with Crippen LogP contribution in [0.15, 0.2) is 60.8 Å². The first-order valence-corrected chi connectivity index (χ1v) is 25.1. The molecule has 1 aliphatic carbocycles. The number of aliphatic hydroxyl groups excluding tert-OH is 5. The summed E-state index contributed by atoms with van der Waals surface area (Å²) < 4.78 is 34.2. The molecular formula is C48H85O12P. The third-order valence-electron chi connectivity index (χ3n) is 10.6. The smallest absolute Gasteiger partial charge is 0.457 e. The van der Waals surface area contributed by atoms with E-state index in [2.05, 4.69) is 74.6 Å². The van der Waals surface area contributed by atoms with Gasteiger partial charge in [0.2, 0.25) is 0 Å². The monoisotopic (exact) mass is 885 g/mol. The van der Waals surface area contributed by atoms with Gasteiger partial charge >= 0.3 is 13.8 Å². The molecule has 0 aromatic heterocycles. The quantitative estimate of drug-likeness (QED) is 0.0148. The van der Waals surface area contributed by atoms with E-state index in [1.807, 2.05) is 0 Å². The molecule has 0 heterocycles. The van der Waals surface area contributed by atoms with Crippen molar-refractivity contribution in [3.63, 3.8) is 0 Å². The van der Waals surface area contributed by atoms with E-state index < -0.39 is 63.1 Å². The minimum Gasteiger partial charge on any atom is -0.457 e. The average molecular weight is 885 g/mol. The highest BCUT2D eigenvalue weighted by molar-refractivity contribution is 7.47. The lowest BCUT2D eigenvalue weighted by Crippen LogP contribution is -2.64. The first kappa shape index (κ1) is 57.1. The third-order valence-corrected chi connectivity index (χ3v) is 11.6. The van der Waals surface area contributed by atoms with Gasteiger partial charge in [-0.2, -0.15) is 0 Å². The van der Waals surface area contributed by atoms with Crippen molar-refractivity contribution in [3.05, 3.63) is 60.8 Å². The van der Waals surface area contributed by atoms with Crippen molar-refractivity contribution in [2.24, 2.45) is 0 Å². The summed E-state index contributed by atoms with van der Waals surface area (Å²) >= 11 is 0. The Hall–Kier alpha value is -1.96. The van der Waals surface area contributed by atoms with Gasteiger partial charge in [0, 0.05) is 13.0 Å². The Morgan fingerprint density at radius 2 is 0.967 bits per heavy atom. The van der Waals surface area contributed by atoms with Crippen LogP contribution in [-0.4, -0.2) is 98.9 Å². The van der Waals surface area contributed by atoms with Crippen molar-refractivity contribution >= 4 is 13.8 Å². The number of esters is 1. The van der Waals surface area contributed by atoms with Gasteiger partial charge in [0.15, 0.2) is 0 Å². The first-order valence-electron chi connectivity index (χ1n) is 23.6. The number of unbranched alkanes of at least 4 members (excludes halogenated alkanes) is 17. The van der Waals surface area contributed by atoms with Crippen molar-refractivity contribution in [1.82, 2.24) is 0 Å². The van der Waals surface area contributed by atoms with Crippen molar-refractivity contribution in [2.75, 3.05) is 19.8 Å². The fraction of sp³-hybridized carbons (Fsp3) is 0.771. The maximum absolute atomic E-state index is 12.8. The van der Waals surface area contributed by atoms with Crippen molar-refractivity contribution in [1.29, 1.82) is 0 Å². The molecule has 61 heavy (non-hydrogen) atoms. The number of rotatable bonds is 39. The largest absolute Gasteiger partial charge is 0.472 e. The Kier molecular flexibility index (Phi) is 36.0. The number of hydrogen-bond donors (Lipinski definition) is 6. The highest BCUT2D eigenvalue weighted by atomic mass is 31.2. The van der Waals surface area contributed by atoms with Crippen LogP contribution in [-0.2, 0) is 27.9 Å². The third kappa shape index (κ3) is 30.7. The fourth-order valence-electron chi connectivity index (χ4n) is 6.87. The summed E-state index contributed by atoms with van der Waals surface area (Å²) in [6, 6.07) is 0. The molecule has 0 aliphatic heterocycles. The molecule has 6 N–H and O–H groups in total. The minimum absolute atomic E-state index is 0.0902. The van der Waals surface area contributed by atoms with Crippen LogP contribution < -0.4 is 0 Å². The lowest BCUT2D eigenvalue weighted by Gasteiger charge is -2.41. The van der Waals surface area contributed by atoms with Gasteiger partial charge in [-0.25, -0.2) is 4.57 Å². The van der Waals surface area contributed by atoms with Gasteiger partial charge in [0.05, 0.1) is 13.2 Å². The van der Waals surface area contributed by atoms with Gasteiger partial charge in [-0.1, -0.05) is 152 Å². The Morgan fingerprint density at radius 3 is 1.48 bits per heavy atom. The first-order chi connectivity index (χ1) is 29.5. The van der Waals surface area contributed by atoms with Gasteiger partial charge in [-0.3, -0.25) is 13.8 Å². The minimum atomic E-state index is -5.03. The molecule has 0 aromatic rings. The van der Waals surface area contributed by atoms with Crippen LogP contribution in [0.2, 0.25) is 0 Å². The van der Waals surface area contributed by atoms with Crippen LogP contribution in [0.3, 0.4) is 0 Å². The van der Waals surface area contributed by atoms with Crippen LogP contribution in [0.4, 0.5) is 0 Å². The van der Waals surface area contributed by atoms with E-state index in [9.17, 15) is 39.8 Å². The molecule has 0 aromatic carbocycles. The predicted molar refractivity (Wildman–Crippen MR) is 244 cm³/mol. The van der Waals surface area contributed by atoms with Crippen LogP contribution in [0, 0.1) is 0 Å². The summed E-state index contributed by atoms with van der Waals surface area (Å²) in [4.78, 5) is 23.2. The summed E-state index contributed by atoms with van der Waals surface area (Å²) in [7, 11) is -5.03. The number of carbonyl (C=O) groups excluding carboxylic acids is 1. The van der Waals surface area contributed by atoms with Gasteiger partial charge in [-0.15, -0.1) is 0 Å². The Morgan fingerprint density at radius 1 is 0.541 bits per heavy atom. The number of phosphoric acid groups is 1. The number of ether oxygens (including phenoxy) is 2. The second kappa shape index (κ2) is 38.5. The SMILES string of the molecule is CC/C=C\C/C=C\C/C=C\CCCCCCCC(=O)OC(COCCCCCCCCCC/C=C\C/C=C\CCCCCC)COP(=O)(O)OC1C(O)C(O)C(O)C(O)C1O. The Bertz CT molecular complexity index is 1240. The topological polar surface area (TPSA) is 192 Å². The molecule has 0 saturated heterocycles. The van der Waals surface area contributed by atoms with E-state index in [1.165, 1.54) is 57.8 Å². The summed E-state index contributed by atoms with van der Waals surface area (Å²) in [6.45, 7) is 4.09. The summed E-state index contributed by atoms with van der Waals surface area (Å²) in [6.07, 6.45) is 35.7. The summed E-state index contributed by atoms with van der Waals surface area (Å²) in [5.41, 5.74) is 0. The lowest BCUT2D eigenvalue weighted by molar-refractivity contribution is -0.220. The molecule has 6 atom stereocenters. The number of aliphatic hydroxyl groups is 5. The van der Waals surface area contributed by atoms with Crippen molar-refractivity contribution in [2.45, 2.75) is 217 Å². The van der Waals surface area contributed by atoms with Crippen molar-refractivity contribution < 1.29 is 58.3 Å². The lowest BCUT2D eigenvalue weighted by atomic mass is 9.85. The van der Waals surface area contributed by atoms with E-state index in [-0.39, 0.29) is 13.0 Å². The van der Waals surface area contributed by atoms with Crippen LogP contribution >= 0.6 is 7.82 Å². The second-order valence-electron chi connectivity index (χ2n) is 16.2. The van der Waals surface area contributed by atoms with E-state index in [1.54, 1.807) is 0 Å². The molecule has 0 radical (unpaired) electrons. The zero-order valence-electron chi connectivity index (χ0n) is 37.7. The molecule has 12 nitrogen and oxygen atoms in total. The van der Waals surface area contributed by atoms with Gasteiger partial charge in [-0.05, 0) is 77.0 Å². The van der Waals surface area contributed by atoms with Crippen LogP contribution in [0.25, 0.3) is 0 Å². The molecule has 1 fully saturated rings. The van der Waals surface area contributed by atoms with E-state index >= 15 is 0 Å². The maximum Gasteiger partial charge on any atom is 0.472 e. The highest BCUT2D eigenvalue weighted by Crippen LogP contribution is 2.47. The molecule has 1 rings (SSSR count). The van der Waals surface area contributed by atoms with Gasteiger partial charge in [0.1, 0.15) is 42.7 Å². The Labute approximate surface area is 368 Å². The second-order valence-corrected chi connectivity index (χ2v) is 17.6. The zero-order chi connectivity index (χ0) is 44.8. The van der Waals surface area contributed by atoms with Crippen molar-refractivity contribution in [3.8, 4) is 0 Å². The van der Waals surface area contributed by atoms with Crippen LogP contribution in [0.5, 0.6) is 0 Å². The maximum atomic E-state index is 12.8.